The summed E-state index contributed by atoms with van der Waals surface area (Å²) in [6.45, 7) is 1.27. The van der Waals surface area contributed by atoms with E-state index in [0.717, 1.165) is 17.7 Å². The third kappa shape index (κ3) is 5.32. The molecule has 0 atom stereocenters. The fourth-order valence-corrected chi connectivity index (χ4v) is 2.54. The molecule has 2 rings (SSSR count). The van der Waals surface area contributed by atoms with Crippen LogP contribution < -0.4 is 5.32 Å². The smallest absolute Gasteiger partial charge is 0.416 e. The molecular weight excluding hydrogens is 403 g/mol. The molecule has 0 bridgehead atoms. The van der Waals surface area contributed by atoms with Crippen LogP contribution in [0.5, 0.6) is 0 Å². The Bertz CT molecular complexity index is 806. The summed E-state index contributed by atoms with van der Waals surface area (Å²) in [5, 5.41) is 2.54. The van der Waals surface area contributed by atoms with Gasteiger partial charge >= 0.3 is 12.1 Å². The van der Waals surface area contributed by atoms with Crippen molar-refractivity contribution >= 4 is 33.5 Å². The van der Waals surface area contributed by atoms with Gasteiger partial charge in [0.2, 0.25) is 0 Å². The zero-order valence-corrected chi connectivity index (χ0v) is 14.6. The van der Waals surface area contributed by atoms with Crippen LogP contribution in [0.2, 0.25) is 0 Å². The number of benzene rings is 2. The minimum absolute atomic E-state index is 0.279. The van der Waals surface area contributed by atoms with E-state index in [0.29, 0.717) is 16.2 Å². The Hall–Kier alpha value is -2.35. The predicted octanol–water partition coefficient (Wildman–Crippen LogP) is 4.57. The zero-order valence-electron chi connectivity index (χ0n) is 13.0. The zero-order chi connectivity index (χ0) is 18.6. The Morgan fingerprint density at radius 3 is 2.52 bits per heavy atom. The van der Waals surface area contributed by atoms with Crippen molar-refractivity contribution in [2.45, 2.75) is 13.1 Å². The molecule has 0 saturated heterocycles. The Kier molecular flexibility index (Phi) is 5.84. The van der Waals surface area contributed by atoms with Crippen LogP contribution in [-0.2, 0) is 15.7 Å². The van der Waals surface area contributed by atoms with Crippen LogP contribution in [-0.4, -0.2) is 18.5 Å². The molecule has 0 aliphatic carbocycles. The van der Waals surface area contributed by atoms with Gasteiger partial charge in [-0.05, 0) is 58.7 Å². The lowest BCUT2D eigenvalue weighted by atomic mass is 10.1. The summed E-state index contributed by atoms with van der Waals surface area (Å²) in [5.41, 5.74) is 0.237. The largest absolute Gasteiger partial charge is 0.452 e. The molecule has 0 fully saturated rings. The Morgan fingerprint density at radius 1 is 1.16 bits per heavy atom. The number of halogens is 4. The normalized spacial score (nSPS) is 11.1. The number of alkyl halides is 3. The summed E-state index contributed by atoms with van der Waals surface area (Å²) < 4.78 is 43.3. The number of amides is 1. The van der Waals surface area contributed by atoms with Gasteiger partial charge in [-0.15, -0.1) is 0 Å². The highest BCUT2D eigenvalue weighted by molar-refractivity contribution is 9.10. The van der Waals surface area contributed by atoms with E-state index in [1.54, 1.807) is 18.2 Å². The van der Waals surface area contributed by atoms with Gasteiger partial charge in [0.05, 0.1) is 16.8 Å². The topological polar surface area (TPSA) is 55.4 Å². The molecule has 0 radical (unpaired) electrons. The minimum Gasteiger partial charge on any atom is -0.452 e. The number of nitrogens with one attached hydrogen (secondary N) is 1. The van der Waals surface area contributed by atoms with Crippen molar-refractivity contribution < 1.29 is 27.5 Å². The van der Waals surface area contributed by atoms with Crippen LogP contribution in [0, 0.1) is 6.92 Å². The first kappa shape index (κ1) is 19.0. The van der Waals surface area contributed by atoms with E-state index in [1.807, 2.05) is 6.92 Å². The number of aryl methyl sites for hydroxylation is 1. The standard InChI is InChI=1S/C17H13BrF3NO3/c1-10-5-6-14(13(18)7-10)22-15(23)9-25-16(24)11-3-2-4-12(8-11)17(19,20)21/h2-8H,9H2,1H3,(H,22,23). The van der Waals surface area contributed by atoms with E-state index in [1.165, 1.54) is 6.07 Å². The molecule has 0 aliphatic heterocycles. The van der Waals surface area contributed by atoms with E-state index in [4.69, 9.17) is 4.74 Å². The van der Waals surface area contributed by atoms with E-state index in [9.17, 15) is 22.8 Å². The monoisotopic (exact) mass is 415 g/mol. The predicted molar refractivity (Wildman–Crippen MR) is 89.2 cm³/mol. The van der Waals surface area contributed by atoms with Crippen molar-refractivity contribution in [1.82, 2.24) is 0 Å². The maximum Gasteiger partial charge on any atom is 0.416 e. The molecule has 1 N–H and O–H groups in total. The van der Waals surface area contributed by atoms with E-state index in [2.05, 4.69) is 21.2 Å². The van der Waals surface area contributed by atoms with Crippen LogP contribution >= 0.6 is 15.9 Å². The summed E-state index contributed by atoms with van der Waals surface area (Å²) in [4.78, 5) is 23.6. The number of rotatable bonds is 4. The Balaban J connectivity index is 1.96. The van der Waals surface area contributed by atoms with Gasteiger partial charge in [-0.3, -0.25) is 4.79 Å². The number of carbonyl (C=O) groups excluding carboxylic acids is 2. The van der Waals surface area contributed by atoms with Gasteiger partial charge in [-0.25, -0.2) is 4.79 Å². The molecule has 0 aromatic heterocycles. The highest BCUT2D eigenvalue weighted by atomic mass is 79.9. The van der Waals surface area contributed by atoms with Crippen molar-refractivity contribution in [2.75, 3.05) is 11.9 Å². The third-order valence-electron chi connectivity index (χ3n) is 3.16. The van der Waals surface area contributed by atoms with Crippen LogP contribution in [0.15, 0.2) is 46.9 Å². The molecule has 1 amide bonds. The van der Waals surface area contributed by atoms with E-state index < -0.39 is 30.2 Å². The van der Waals surface area contributed by atoms with Crippen molar-refractivity contribution in [3.05, 3.63) is 63.6 Å². The van der Waals surface area contributed by atoms with Crippen molar-refractivity contribution in [2.24, 2.45) is 0 Å². The molecule has 8 heteroatoms. The molecule has 2 aromatic carbocycles. The van der Waals surface area contributed by atoms with Crippen LogP contribution in [0.25, 0.3) is 0 Å². The Labute approximate surface area is 150 Å². The molecular formula is C17H13BrF3NO3. The quantitative estimate of drug-likeness (QED) is 0.743. The average Bonchev–Trinajstić information content (AvgIpc) is 2.54. The lowest BCUT2D eigenvalue weighted by Crippen LogP contribution is -2.21. The number of carbonyl (C=O) groups is 2. The molecule has 0 saturated carbocycles. The van der Waals surface area contributed by atoms with Crippen LogP contribution in [0.1, 0.15) is 21.5 Å². The highest BCUT2D eigenvalue weighted by Gasteiger charge is 2.31. The SMILES string of the molecule is Cc1ccc(NC(=O)COC(=O)c2cccc(C(F)(F)F)c2)c(Br)c1. The minimum atomic E-state index is -4.56. The van der Waals surface area contributed by atoms with E-state index in [-0.39, 0.29) is 5.56 Å². The van der Waals surface area contributed by atoms with Gasteiger partial charge in [0.15, 0.2) is 6.61 Å². The lowest BCUT2D eigenvalue weighted by Gasteiger charge is -2.10. The molecule has 0 heterocycles. The summed E-state index contributed by atoms with van der Waals surface area (Å²) in [5.74, 6) is -1.62. The fraction of sp³-hybridized carbons (Fsp3) is 0.176. The maximum absolute atomic E-state index is 12.6. The number of ether oxygens (including phenoxy) is 1. The second-order valence-corrected chi connectivity index (χ2v) is 6.04. The number of anilines is 1. The second kappa shape index (κ2) is 7.69. The van der Waals surface area contributed by atoms with Crippen LogP contribution in [0.3, 0.4) is 0 Å². The van der Waals surface area contributed by atoms with Gasteiger partial charge < -0.3 is 10.1 Å². The number of hydrogen-bond donors (Lipinski definition) is 1. The first-order valence-electron chi connectivity index (χ1n) is 7.07. The third-order valence-corrected chi connectivity index (χ3v) is 3.81. The first-order valence-corrected chi connectivity index (χ1v) is 7.86. The lowest BCUT2D eigenvalue weighted by molar-refractivity contribution is -0.137. The summed E-state index contributed by atoms with van der Waals surface area (Å²) in [6, 6.07) is 9.06. The summed E-state index contributed by atoms with van der Waals surface area (Å²) in [6.07, 6.45) is -4.56. The maximum atomic E-state index is 12.6. The second-order valence-electron chi connectivity index (χ2n) is 5.19. The first-order chi connectivity index (χ1) is 11.7. The van der Waals surface area contributed by atoms with Gasteiger partial charge in [0.25, 0.3) is 5.91 Å². The van der Waals surface area contributed by atoms with Crippen molar-refractivity contribution in [3.63, 3.8) is 0 Å². The van der Waals surface area contributed by atoms with Crippen LogP contribution in [0.4, 0.5) is 18.9 Å². The molecule has 2 aromatic rings. The fourth-order valence-electron chi connectivity index (χ4n) is 1.94. The van der Waals surface area contributed by atoms with Gasteiger partial charge in [0, 0.05) is 4.47 Å². The molecule has 0 spiro atoms. The van der Waals surface area contributed by atoms with E-state index >= 15 is 0 Å². The summed E-state index contributed by atoms with van der Waals surface area (Å²) >= 11 is 3.29. The molecule has 132 valence electrons. The molecule has 4 nitrogen and oxygen atoms in total. The van der Waals surface area contributed by atoms with Gasteiger partial charge in [-0.1, -0.05) is 12.1 Å². The van der Waals surface area contributed by atoms with Gasteiger partial charge in [-0.2, -0.15) is 13.2 Å². The molecule has 0 aliphatic rings. The number of hydrogen-bond acceptors (Lipinski definition) is 3. The van der Waals surface area contributed by atoms with Crippen molar-refractivity contribution in [1.29, 1.82) is 0 Å². The summed E-state index contributed by atoms with van der Waals surface area (Å²) in [7, 11) is 0. The molecule has 0 unspecified atom stereocenters. The van der Waals surface area contributed by atoms with Crippen molar-refractivity contribution in [3.8, 4) is 0 Å². The Morgan fingerprint density at radius 2 is 1.88 bits per heavy atom. The van der Waals surface area contributed by atoms with Gasteiger partial charge in [0.1, 0.15) is 0 Å². The number of esters is 1. The highest BCUT2D eigenvalue weighted by Crippen LogP contribution is 2.29. The average molecular weight is 416 g/mol. The molecule has 25 heavy (non-hydrogen) atoms.